The van der Waals surface area contributed by atoms with E-state index in [9.17, 15) is 0 Å². The maximum atomic E-state index is 5.84. The molecule has 2 nitrogen and oxygen atoms in total. The molecule has 0 heterocycles. The van der Waals surface area contributed by atoms with E-state index in [1.807, 2.05) is 12.1 Å². The average Bonchev–Trinajstić information content (AvgIpc) is 1.99. The third kappa shape index (κ3) is 2.81. The molecule has 0 atom stereocenters. The molecule has 3 N–H and O–H groups in total. The number of halogens is 3. The normalized spacial score (nSPS) is 9.25. The van der Waals surface area contributed by atoms with E-state index in [-0.39, 0.29) is 12.4 Å². The molecule has 0 radical (unpaired) electrons. The lowest BCUT2D eigenvalue weighted by atomic mass is 10.2. The van der Waals surface area contributed by atoms with Crippen LogP contribution < -0.4 is 11.3 Å². The smallest absolute Gasteiger partial charge is 0.0637 e. The summed E-state index contributed by atoms with van der Waals surface area (Å²) >= 11 is 11.6. The molecular weight excluding hydrogens is 218 g/mol. The van der Waals surface area contributed by atoms with Crippen molar-refractivity contribution in [2.24, 2.45) is 5.84 Å². The van der Waals surface area contributed by atoms with Gasteiger partial charge in [0.1, 0.15) is 0 Å². The van der Waals surface area contributed by atoms with Crippen molar-refractivity contribution in [3.8, 4) is 0 Å². The molecule has 0 aromatic heterocycles. The van der Waals surface area contributed by atoms with Crippen LogP contribution in [0.3, 0.4) is 0 Å². The number of benzene rings is 1. The van der Waals surface area contributed by atoms with Crippen LogP contribution in [0.15, 0.2) is 18.2 Å². The minimum atomic E-state index is 0. The first-order valence-electron chi connectivity index (χ1n) is 3.12. The maximum absolute atomic E-state index is 5.84. The van der Waals surface area contributed by atoms with E-state index in [0.29, 0.717) is 16.6 Å². The molecule has 0 fully saturated rings. The van der Waals surface area contributed by atoms with Crippen LogP contribution in [0.25, 0.3) is 0 Å². The minimum absolute atomic E-state index is 0. The van der Waals surface area contributed by atoms with Crippen molar-refractivity contribution in [3.63, 3.8) is 0 Å². The summed E-state index contributed by atoms with van der Waals surface area (Å²) in [6.45, 7) is 0.527. The van der Waals surface area contributed by atoms with Crippen molar-refractivity contribution in [1.29, 1.82) is 0 Å². The summed E-state index contributed by atoms with van der Waals surface area (Å²) in [7, 11) is 0. The zero-order chi connectivity index (χ0) is 8.27. The number of hydrogen-bond donors (Lipinski definition) is 2. The predicted molar refractivity (Wildman–Crippen MR) is 54.7 cm³/mol. The van der Waals surface area contributed by atoms with Gasteiger partial charge in [0.25, 0.3) is 0 Å². The summed E-state index contributed by atoms with van der Waals surface area (Å²) in [6.07, 6.45) is 0. The van der Waals surface area contributed by atoms with Gasteiger partial charge < -0.3 is 0 Å². The monoisotopic (exact) mass is 226 g/mol. The highest BCUT2D eigenvalue weighted by molar-refractivity contribution is 6.42. The summed E-state index contributed by atoms with van der Waals surface area (Å²) in [5, 5.41) is 1.12. The molecule has 0 saturated carbocycles. The fourth-order valence-electron chi connectivity index (χ4n) is 0.795. The predicted octanol–water partition coefficient (Wildman–Crippen LogP) is 2.38. The van der Waals surface area contributed by atoms with Gasteiger partial charge in [-0.1, -0.05) is 35.3 Å². The number of nitrogens with one attached hydrogen (secondary N) is 1. The Morgan fingerprint density at radius 1 is 1.33 bits per heavy atom. The summed E-state index contributed by atoms with van der Waals surface area (Å²) in [4.78, 5) is 0. The van der Waals surface area contributed by atoms with Crippen molar-refractivity contribution in [2.75, 3.05) is 0 Å². The summed E-state index contributed by atoms with van der Waals surface area (Å²) < 4.78 is 0. The highest BCUT2D eigenvalue weighted by Crippen LogP contribution is 2.24. The summed E-state index contributed by atoms with van der Waals surface area (Å²) in [6, 6.07) is 5.44. The lowest BCUT2D eigenvalue weighted by Crippen LogP contribution is -2.20. The standard InChI is InChI=1S/C7H8Cl2N2.ClH/c8-6-3-1-2-5(4-11-10)7(6)9;/h1-3,11H,4,10H2;1H. The van der Waals surface area contributed by atoms with E-state index in [1.54, 1.807) is 6.07 Å². The van der Waals surface area contributed by atoms with Crippen molar-refractivity contribution in [2.45, 2.75) is 6.54 Å². The molecule has 0 saturated heterocycles. The van der Waals surface area contributed by atoms with Crippen LogP contribution in [0, 0.1) is 0 Å². The second-order valence-corrected chi connectivity index (χ2v) is 2.88. The zero-order valence-corrected chi connectivity index (χ0v) is 8.51. The van der Waals surface area contributed by atoms with E-state index in [2.05, 4.69) is 5.43 Å². The maximum Gasteiger partial charge on any atom is 0.0637 e. The van der Waals surface area contributed by atoms with Crippen LogP contribution in [0.5, 0.6) is 0 Å². The van der Waals surface area contributed by atoms with Gasteiger partial charge in [0.15, 0.2) is 0 Å². The van der Waals surface area contributed by atoms with Gasteiger partial charge in [0, 0.05) is 6.54 Å². The highest BCUT2D eigenvalue weighted by atomic mass is 35.5. The first-order chi connectivity index (χ1) is 5.25. The first kappa shape index (κ1) is 12.0. The topological polar surface area (TPSA) is 38.0 Å². The first-order valence-corrected chi connectivity index (χ1v) is 3.87. The van der Waals surface area contributed by atoms with Crippen LogP contribution in [-0.2, 0) is 6.54 Å². The molecular formula is C7H9Cl3N2. The molecule has 5 heteroatoms. The van der Waals surface area contributed by atoms with E-state index >= 15 is 0 Å². The van der Waals surface area contributed by atoms with Gasteiger partial charge in [-0.15, -0.1) is 12.4 Å². The second kappa shape index (κ2) is 5.62. The fourth-order valence-corrected chi connectivity index (χ4v) is 1.18. The number of hydrogen-bond acceptors (Lipinski definition) is 2. The third-order valence-electron chi connectivity index (χ3n) is 1.32. The lowest BCUT2D eigenvalue weighted by molar-refractivity contribution is 0.741. The summed E-state index contributed by atoms with van der Waals surface area (Å²) in [5.41, 5.74) is 3.41. The van der Waals surface area contributed by atoms with Gasteiger partial charge in [-0.05, 0) is 11.6 Å². The quantitative estimate of drug-likeness (QED) is 0.601. The molecule has 68 valence electrons. The molecule has 0 aliphatic rings. The Hall–Kier alpha value is 0.01000. The second-order valence-electron chi connectivity index (χ2n) is 2.09. The molecule has 0 spiro atoms. The largest absolute Gasteiger partial charge is 0.271 e. The van der Waals surface area contributed by atoms with Crippen LogP contribution in [-0.4, -0.2) is 0 Å². The van der Waals surface area contributed by atoms with E-state index < -0.39 is 0 Å². The van der Waals surface area contributed by atoms with Crippen LogP contribution in [0.1, 0.15) is 5.56 Å². The van der Waals surface area contributed by atoms with Gasteiger partial charge in [0.2, 0.25) is 0 Å². The Morgan fingerprint density at radius 2 is 2.00 bits per heavy atom. The lowest BCUT2D eigenvalue weighted by Gasteiger charge is -2.03. The van der Waals surface area contributed by atoms with Crippen LogP contribution in [0.4, 0.5) is 0 Å². The van der Waals surface area contributed by atoms with E-state index in [4.69, 9.17) is 29.0 Å². The van der Waals surface area contributed by atoms with Crippen molar-refractivity contribution in [1.82, 2.24) is 5.43 Å². The summed E-state index contributed by atoms with van der Waals surface area (Å²) in [5.74, 6) is 5.13. The molecule has 0 aliphatic heterocycles. The van der Waals surface area contributed by atoms with Gasteiger partial charge in [0.05, 0.1) is 10.0 Å². The highest BCUT2D eigenvalue weighted by Gasteiger charge is 2.01. The van der Waals surface area contributed by atoms with Crippen molar-refractivity contribution in [3.05, 3.63) is 33.8 Å². The van der Waals surface area contributed by atoms with E-state index in [0.717, 1.165) is 5.56 Å². The Bertz CT molecular complexity index is 252. The molecule has 1 rings (SSSR count). The molecule has 1 aromatic carbocycles. The Morgan fingerprint density at radius 3 is 2.58 bits per heavy atom. The van der Waals surface area contributed by atoms with Crippen molar-refractivity contribution >= 4 is 35.6 Å². The van der Waals surface area contributed by atoms with Crippen molar-refractivity contribution < 1.29 is 0 Å². The Kier molecular flexibility index (Phi) is 5.63. The van der Waals surface area contributed by atoms with Crippen LogP contribution in [0.2, 0.25) is 10.0 Å². The van der Waals surface area contributed by atoms with Crippen LogP contribution >= 0.6 is 35.6 Å². The Balaban J connectivity index is 0.00000121. The minimum Gasteiger partial charge on any atom is -0.271 e. The van der Waals surface area contributed by atoms with Gasteiger partial charge >= 0.3 is 0 Å². The number of nitrogens with two attached hydrogens (primary N) is 1. The third-order valence-corrected chi connectivity index (χ3v) is 2.18. The Labute approximate surface area is 87.4 Å². The average molecular weight is 228 g/mol. The SMILES string of the molecule is Cl.NNCc1cccc(Cl)c1Cl. The fraction of sp³-hybridized carbons (Fsp3) is 0.143. The van der Waals surface area contributed by atoms with Gasteiger partial charge in [-0.2, -0.15) is 0 Å². The molecule has 0 bridgehead atoms. The number of rotatable bonds is 2. The zero-order valence-electron chi connectivity index (χ0n) is 6.18. The molecule has 0 unspecified atom stereocenters. The molecule has 12 heavy (non-hydrogen) atoms. The molecule has 0 amide bonds. The molecule has 0 aliphatic carbocycles. The molecule has 1 aromatic rings. The van der Waals surface area contributed by atoms with E-state index in [1.165, 1.54) is 0 Å². The van der Waals surface area contributed by atoms with Gasteiger partial charge in [-0.3, -0.25) is 11.3 Å². The number of hydrazine groups is 1. The van der Waals surface area contributed by atoms with Gasteiger partial charge in [-0.25, -0.2) is 0 Å².